The molecule has 2 unspecified atom stereocenters. The van der Waals surface area contributed by atoms with Crippen molar-refractivity contribution in [2.45, 2.75) is 32.0 Å². The molecule has 18 heavy (non-hydrogen) atoms. The zero-order valence-corrected chi connectivity index (χ0v) is 11.0. The maximum absolute atomic E-state index is 12.0. The van der Waals surface area contributed by atoms with Gasteiger partial charge in [0.2, 0.25) is 0 Å². The van der Waals surface area contributed by atoms with Crippen molar-refractivity contribution >= 4 is 23.2 Å². The molecule has 4 nitrogen and oxygen atoms in total. The molecule has 0 aromatic heterocycles. The topological polar surface area (TPSA) is 64.4 Å². The highest BCUT2D eigenvalue weighted by atomic mass is 35.5. The minimum Gasteiger partial charge on any atom is -0.364 e. The zero-order chi connectivity index (χ0) is 13.1. The molecule has 1 aliphatic heterocycles. The molecule has 1 aromatic rings. The Morgan fingerprint density at radius 3 is 3.00 bits per heavy atom. The van der Waals surface area contributed by atoms with Gasteiger partial charge in [-0.2, -0.15) is 0 Å². The Hall–Kier alpha value is -1.10. The van der Waals surface area contributed by atoms with E-state index in [1.807, 2.05) is 19.1 Å². The van der Waals surface area contributed by atoms with Gasteiger partial charge in [0.15, 0.2) is 0 Å². The number of hydrogen-bond acceptors (Lipinski definition) is 3. The van der Waals surface area contributed by atoms with Crippen molar-refractivity contribution < 1.29 is 9.53 Å². The molecule has 5 heteroatoms. The highest BCUT2D eigenvalue weighted by molar-refractivity contribution is 6.31. The minimum absolute atomic E-state index is 0.00112. The second-order valence-corrected chi connectivity index (χ2v) is 4.87. The SMILES string of the molecule is Cc1c(Cl)cccc1NC(=O)C1CCC(CN)O1. The van der Waals surface area contributed by atoms with Gasteiger partial charge in [-0.1, -0.05) is 17.7 Å². The minimum atomic E-state index is -0.406. The highest BCUT2D eigenvalue weighted by Crippen LogP contribution is 2.25. The van der Waals surface area contributed by atoms with Crippen LogP contribution in [0.1, 0.15) is 18.4 Å². The fourth-order valence-electron chi connectivity index (χ4n) is 2.03. The van der Waals surface area contributed by atoms with Crippen molar-refractivity contribution in [3.63, 3.8) is 0 Å². The summed E-state index contributed by atoms with van der Waals surface area (Å²) >= 11 is 6.00. The number of amides is 1. The number of rotatable bonds is 3. The third kappa shape index (κ3) is 2.83. The van der Waals surface area contributed by atoms with E-state index >= 15 is 0 Å². The van der Waals surface area contributed by atoms with E-state index in [1.54, 1.807) is 6.07 Å². The normalized spacial score (nSPS) is 23.1. The Morgan fingerprint density at radius 1 is 1.56 bits per heavy atom. The van der Waals surface area contributed by atoms with Gasteiger partial charge in [-0.15, -0.1) is 0 Å². The van der Waals surface area contributed by atoms with Crippen molar-refractivity contribution in [3.8, 4) is 0 Å². The van der Waals surface area contributed by atoms with Crippen LogP contribution in [0.5, 0.6) is 0 Å². The van der Waals surface area contributed by atoms with E-state index in [0.29, 0.717) is 18.0 Å². The molecule has 1 aromatic carbocycles. The second kappa shape index (κ2) is 5.69. The molecule has 0 bridgehead atoms. The van der Waals surface area contributed by atoms with Gasteiger partial charge in [0.25, 0.3) is 5.91 Å². The largest absolute Gasteiger partial charge is 0.364 e. The van der Waals surface area contributed by atoms with Crippen LogP contribution >= 0.6 is 11.6 Å². The van der Waals surface area contributed by atoms with Crippen LogP contribution in [0.4, 0.5) is 5.69 Å². The van der Waals surface area contributed by atoms with E-state index < -0.39 is 6.10 Å². The standard InChI is InChI=1S/C13H17ClN2O2/c1-8-10(14)3-2-4-11(8)16-13(17)12-6-5-9(7-15)18-12/h2-4,9,12H,5-7,15H2,1H3,(H,16,17). The summed E-state index contributed by atoms with van der Waals surface area (Å²) in [5.74, 6) is -0.128. The predicted octanol–water partition coefficient (Wildman–Crippen LogP) is 2.09. The van der Waals surface area contributed by atoms with Crippen LogP contribution in [0.3, 0.4) is 0 Å². The zero-order valence-electron chi connectivity index (χ0n) is 10.3. The number of hydrogen-bond donors (Lipinski definition) is 2. The van der Waals surface area contributed by atoms with Crippen LogP contribution in [-0.4, -0.2) is 24.7 Å². The molecule has 2 atom stereocenters. The first-order chi connectivity index (χ1) is 8.61. The Kier molecular flexibility index (Phi) is 4.22. The van der Waals surface area contributed by atoms with E-state index in [4.69, 9.17) is 22.1 Å². The molecule has 98 valence electrons. The number of benzene rings is 1. The lowest BCUT2D eigenvalue weighted by atomic mass is 10.1. The van der Waals surface area contributed by atoms with Gasteiger partial charge < -0.3 is 15.8 Å². The molecule has 1 fully saturated rings. The fraction of sp³-hybridized carbons (Fsp3) is 0.462. The van der Waals surface area contributed by atoms with Crippen molar-refractivity contribution in [2.24, 2.45) is 5.73 Å². The monoisotopic (exact) mass is 268 g/mol. The number of nitrogens with one attached hydrogen (secondary N) is 1. The molecule has 0 spiro atoms. The molecule has 1 amide bonds. The quantitative estimate of drug-likeness (QED) is 0.882. The second-order valence-electron chi connectivity index (χ2n) is 4.46. The summed E-state index contributed by atoms with van der Waals surface area (Å²) in [6.07, 6.45) is 1.15. The van der Waals surface area contributed by atoms with E-state index in [-0.39, 0.29) is 12.0 Å². The van der Waals surface area contributed by atoms with E-state index in [0.717, 1.165) is 17.7 Å². The third-order valence-electron chi connectivity index (χ3n) is 3.19. The molecule has 1 heterocycles. The number of anilines is 1. The van der Waals surface area contributed by atoms with Crippen LogP contribution in [-0.2, 0) is 9.53 Å². The number of halogens is 1. The number of carbonyl (C=O) groups is 1. The van der Waals surface area contributed by atoms with Crippen molar-refractivity contribution in [3.05, 3.63) is 28.8 Å². The summed E-state index contributed by atoms with van der Waals surface area (Å²) in [6, 6.07) is 5.43. The van der Waals surface area contributed by atoms with Crippen LogP contribution in [0.25, 0.3) is 0 Å². The number of nitrogens with two attached hydrogens (primary N) is 1. The third-order valence-corrected chi connectivity index (χ3v) is 3.60. The molecule has 0 aliphatic carbocycles. The Labute approximate surface area is 111 Å². The first-order valence-electron chi connectivity index (χ1n) is 6.03. The van der Waals surface area contributed by atoms with Crippen molar-refractivity contribution in [1.29, 1.82) is 0 Å². The summed E-state index contributed by atoms with van der Waals surface area (Å²) < 4.78 is 5.54. The van der Waals surface area contributed by atoms with Crippen LogP contribution in [0.15, 0.2) is 18.2 Å². The molecular weight excluding hydrogens is 252 g/mol. The van der Waals surface area contributed by atoms with E-state index in [1.165, 1.54) is 0 Å². The van der Waals surface area contributed by atoms with Gasteiger partial charge in [-0.25, -0.2) is 0 Å². The maximum atomic E-state index is 12.0. The van der Waals surface area contributed by atoms with Crippen LogP contribution in [0.2, 0.25) is 5.02 Å². The maximum Gasteiger partial charge on any atom is 0.253 e. The van der Waals surface area contributed by atoms with Gasteiger partial charge in [0, 0.05) is 17.3 Å². The van der Waals surface area contributed by atoms with Crippen LogP contribution in [0, 0.1) is 6.92 Å². The molecule has 1 aliphatic rings. The molecule has 1 saturated heterocycles. The Bertz CT molecular complexity index is 451. The summed E-state index contributed by atoms with van der Waals surface area (Å²) in [7, 11) is 0. The first kappa shape index (κ1) is 13.3. The van der Waals surface area contributed by atoms with Gasteiger partial charge in [-0.3, -0.25) is 4.79 Å². The lowest BCUT2D eigenvalue weighted by Gasteiger charge is -2.14. The number of ether oxygens (including phenoxy) is 1. The van der Waals surface area contributed by atoms with Gasteiger partial charge >= 0.3 is 0 Å². The molecule has 0 radical (unpaired) electrons. The van der Waals surface area contributed by atoms with Crippen LogP contribution < -0.4 is 11.1 Å². The van der Waals surface area contributed by atoms with Gasteiger partial charge in [0.05, 0.1) is 6.10 Å². The smallest absolute Gasteiger partial charge is 0.253 e. The van der Waals surface area contributed by atoms with Gasteiger partial charge in [-0.05, 0) is 37.5 Å². The Morgan fingerprint density at radius 2 is 2.33 bits per heavy atom. The Balaban J connectivity index is 2.01. The van der Waals surface area contributed by atoms with E-state index in [9.17, 15) is 4.79 Å². The average Bonchev–Trinajstić information content (AvgIpc) is 2.83. The number of carbonyl (C=O) groups excluding carboxylic acids is 1. The summed E-state index contributed by atoms with van der Waals surface area (Å²) in [5.41, 5.74) is 7.11. The molecule has 0 saturated carbocycles. The highest BCUT2D eigenvalue weighted by Gasteiger charge is 2.30. The van der Waals surface area contributed by atoms with E-state index in [2.05, 4.69) is 5.32 Å². The first-order valence-corrected chi connectivity index (χ1v) is 6.41. The van der Waals surface area contributed by atoms with Crippen molar-refractivity contribution in [1.82, 2.24) is 0 Å². The molecular formula is C13H17ClN2O2. The fourth-order valence-corrected chi connectivity index (χ4v) is 2.20. The lowest BCUT2D eigenvalue weighted by molar-refractivity contribution is -0.126. The summed E-state index contributed by atoms with van der Waals surface area (Å²) in [5, 5.41) is 3.49. The van der Waals surface area contributed by atoms with Gasteiger partial charge in [0.1, 0.15) is 6.10 Å². The summed E-state index contributed by atoms with van der Waals surface area (Å²) in [6.45, 7) is 2.33. The lowest BCUT2D eigenvalue weighted by Crippen LogP contribution is -2.30. The predicted molar refractivity (Wildman–Crippen MR) is 71.8 cm³/mol. The molecule has 3 N–H and O–H groups in total. The van der Waals surface area contributed by atoms with Crippen molar-refractivity contribution in [2.75, 3.05) is 11.9 Å². The molecule has 2 rings (SSSR count). The summed E-state index contributed by atoms with van der Waals surface area (Å²) in [4.78, 5) is 12.0. The average molecular weight is 269 g/mol.